The van der Waals surface area contributed by atoms with Crippen LogP contribution in [-0.2, 0) is 13.0 Å². The molecule has 2 heterocycles. The molecule has 0 saturated carbocycles. The summed E-state index contributed by atoms with van der Waals surface area (Å²) in [5.74, 6) is 0.828. The lowest BCUT2D eigenvalue weighted by Gasteiger charge is -2.14. The van der Waals surface area contributed by atoms with Crippen LogP contribution in [0.5, 0.6) is 0 Å². The van der Waals surface area contributed by atoms with Crippen molar-refractivity contribution in [2.75, 3.05) is 26.7 Å². The van der Waals surface area contributed by atoms with Gasteiger partial charge in [-0.05, 0) is 45.3 Å². The summed E-state index contributed by atoms with van der Waals surface area (Å²) in [5, 5.41) is 6.81. The lowest BCUT2D eigenvalue weighted by Crippen LogP contribution is -2.24. The van der Waals surface area contributed by atoms with Crippen LogP contribution in [0.3, 0.4) is 0 Å². The van der Waals surface area contributed by atoms with Crippen LogP contribution in [0.15, 0.2) is 5.38 Å². The molecule has 0 radical (unpaired) electrons. The maximum Gasteiger partial charge on any atom is 0.0928 e. The van der Waals surface area contributed by atoms with E-state index in [1.54, 1.807) is 0 Å². The lowest BCUT2D eigenvalue weighted by atomic mass is 10.1. The normalized spacial score (nSPS) is 21.2. The molecule has 1 saturated heterocycles. The highest BCUT2D eigenvalue weighted by Crippen LogP contribution is 2.19. The second-order valence-corrected chi connectivity index (χ2v) is 5.87. The zero-order chi connectivity index (χ0) is 12.1. The SMILES string of the molecule is CCCc1nc(CN2CCC(CNC)C2)cs1. The zero-order valence-corrected chi connectivity index (χ0v) is 11.7. The third-order valence-electron chi connectivity index (χ3n) is 3.31. The second kappa shape index (κ2) is 6.47. The molecule has 0 spiro atoms. The average molecular weight is 253 g/mol. The Morgan fingerprint density at radius 1 is 1.59 bits per heavy atom. The van der Waals surface area contributed by atoms with Crippen LogP contribution in [0, 0.1) is 5.92 Å². The number of hydrogen-bond acceptors (Lipinski definition) is 4. The highest BCUT2D eigenvalue weighted by Gasteiger charge is 2.22. The standard InChI is InChI=1S/C13H23N3S/c1-3-4-13-15-12(10-17-13)9-16-6-5-11(8-16)7-14-2/h10-11,14H,3-9H2,1-2H3. The third-order valence-corrected chi connectivity index (χ3v) is 4.27. The van der Waals surface area contributed by atoms with Gasteiger partial charge >= 0.3 is 0 Å². The molecule has 1 aliphatic rings. The number of aryl methyl sites for hydroxylation is 1. The lowest BCUT2D eigenvalue weighted by molar-refractivity contribution is 0.312. The highest BCUT2D eigenvalue weighted by molar-refractivity contribution is 7.09. The number of rotatable bonds is 6. The van der Waals surface area contributed by atoms with E-state index in [-0.39, 0.29) is 0 Å². The van der Waals surface area contributed by atoms with E-state index in [9.17, 15) is 0 Å². The van der Waals surface area contributed by atoms with Crippen LogP contribution < -0.4 is 5.32 Å². The Hall–Kier alpha value is -0.450. The minimum Gasteiger partial charge on any atom is -0.319 e. The van der Waals surface area contributed by atoms with Gasteiger partial charge in [-0.25, -0.2) is 4.98 Å². The van der Waals surface area contributed by atoms with E-state index >= 15 is 0 Å². The van der Waals surface area contributed by atoms with Gasteiger partial charge in [0.2, 0.25) is 0 Å². The summed E-state index contributed by atoms with van der Waals surface area (Å²) < 4.78 is 0. The molecule has 0 amide bonds. The fourth-order valence-corrected chi connectivity index (χ4v) is 3.38. The van der Waals surface area contributed by atoms with Crippen molar-refractivity contribution < 1.29 is 0 Å². The molecule has 17 heavy (non-hydrogen) atoms. The minimum atomic E-state index is 0.828. The first-order valence-electron chi connectivity index (χ1n) is 6.62. The summed E-state index contributed by atoms with van der Waals surface area (Å²) in [6.07, 6.45) is 3.65. The van der Waals surface area contributed by atoms with Crippen LogP contribution in [0.2, 0.25) is 0 Å². The van der Waals surface area contributed by atoms with Crippen molar-refractivity contribution in [2.24, 2.45) is 5.92 Å². The van der Waals surface area contributed by atoms with Crippen molar-refractivity contribution in [2.45, 2.75) is 32.7 Å². The van der Waals surface area contributed by atoms with E-state index in [4.69, 9.17) is 4.98 Å². The van der Waals surface area contributed by atoms with Gasteiger partial charge in [0.1, 0.15) is 0 Å². The predicted octanol–water partition coefficient (Wildman–Crippen LogP) is 2.14. The summed E-state index contributed by atoms with van der Waals surface area (Å²) in [6, 6.07) is 0. The van der Waals surface area contributed by atoms with Crippen molar-refractivity contribution in [3.63, 3.8) is 0 Å². The summed E-state index contributed by atoms with van der Waals surface area (Å²) in [5.41, 5.74) is 1.27. The molecule has 0 bridgehead atoms. The van der Waals surface area contributed by atoms with Gasteiger partial charge in [-0.1, -0.05) is 6.92 Å². The Labute approximate surface area is 108 Å². The van der Waals surface area contributed by atoms with Gasteiger partial charge in [0.15, 0.2) is 0 Å². The number of thiazole rings is 1. The number of nitrogens with one attached hydrogen (secondary N) is 1. The first-order valence-corrected chi connectivity index (χ1v) is 7.50. The van der Waals surface area contributed by atoms with E-state index in [0.29, 0.717) is 0 Å². The van der Waals surface area contributed by atoms with E-state index in [1.165, 1.54) is 36.6 Å². The van der Waals surface area contributed by atoms with Gasteiger partial charge in [0.05, 0.1) is 10.7 Å². The first-order chi connectivity index (χ1) is 8.31. The minimum absolute atomic E-state index is 0.828. The van der Waals surface area contributed by atoms with Gasteiger partial charge in [0, 0.05) is 18.5 Å². The van der Waals surface area contributed by atoms with Crippen molar-refractivity contribution >= 4 is 11.3 Å². The van der Waals surface area contributed by atoms with E-state index in [0.717, 1.165) is 25.4 Å². The van der Waals surface area contributed by atoms with Crippen LogP contribution in [0.25, 0.3) is 0 Å². The van der Waals surface area contributed by atoms with Crippen LogP contribution >= 0.6 is 11.3 Å². The van der Waals surface area contributed by atoms with Crippen molar-refractivity contribution in [1.82, 2.24) is 15.2 Å². The maximum atomic E-state index is 4.70. The third kappa shape index (κ3) is 3.76. The number of aromatic nitrogens is 1. The Morgan fingerprint density at radius 3 is 3.24 bits per heavy atom. The molecule has 1 aliphatic heterocycles. The summed E-state index contributed by atoms with van der Waals surface area (Å²) >= 11 is 1.82. The molecule has 2 rings (SSSR count). The van der Waals surface area contributed by atoms with Crippen molar-refractivity contribution in [3.05, 3.63) is 16.1 Å². The Balaban J connectivity index is 1.80. The summed E-state index contributed by atoms with van der Waals surface area (Å²) in [6.45, 7) is 6.85. The van der Waals surface area contributed by atoms with E-state index in [2.05, 4.69) is 22.5 Å². The molecule has 0 aliphatic carbocycles. The molecular weight excluding hydrogens is 230 g/mol. The molecule has 0 aromatic carbocycles. The van der Waals surface area contributed by atoms with Gasteiger partial charge < -0.3 is 5.32 Å². The van der Waals surface area contributed by atoms with Crippen molar-refractivity contribution in [3.8, 4) is 0 Å². The molecule has 1 atom stereocenters. The Kier molecular flexibility index (Phi) is 4.95. The average Bonchev–Trinajstić information content (AvgIpc) is 2.91. The molecule has 1 aromatic heterocycles. The van der Waals surface area contributed by atoms with Crippen LogP contribution in [-0.4, -0.2) is 36.6 Å². The maximum absolute atomic E-state index is 4.70. The molecule has 3 nitrogen and oxygen atoms in total. The largest absolute Gasteiger partial charge is 0.319 e. The molecule has 96 valence electrons. The first kappa shape index (κ1) is 13.0. The van der Waals surface area contributed by atoms with Gasteiger partial charge in [0.25, 0.3) is 0 Å². The predicted molar refractivity (Wildman–Crippen MR) is 73.4 cm³/mol. The zero-order valence-electron chi connectivity index (χ0n) is 10.9. The van der Waals surface area contributed by atoms with Crippen molar-refractivity contribution in [1.29, 1.82) is 0 Å². The molecule has 1 aromatic rings. The number of hydrogen-bond donors (Lipinski definition) is 1. The molecular formula is C13H23N3S. The molecule has 1 N–H and O–H groups in total. The topological polar surface area (TPSA) is 28.2 Å². The highest BCUT2D eigenvalue weighted by atomic mass is 32.1. The van der Waals surface area contributed by atoms with Gasteiger partial charge in [-0.3, -0.25) is 4.90 Å². The van der Waals surface area contributed by atoms with E-state index < -0.39 is 0 Å². The second-order valence-electron chi connectivity index (χ2n) is 4.93. The fraction of sp³-hybridized carbons (Fsp3) is 0.769. The van der Waals surface area contributed by atoms with Gasteiger partial charge in [-0.2, -0.15) is 0 Å². The fourth-order valence-electron chi connectivity index (χ4n) is 2.49. The summed E-state index contributed by atoms with van der Waals surface area (Å²) in [7, 11) is 2.04. The molecule has 1 fully saturated rings. The Bertz CT molecular complexity index is 337. The number of nitrogens with zero attached hydrogens (tertiary/aromatic N) is 2. The number of likely N-dealkylation sites (tertiary alicyclic amines) is 1. The van der Waals surface area contributed by atoms with Gasteiger partial charge in [-0.15, -0.1) is 11.3 Å². The Morgan fingerprint density at radius 2 is 2.47 bits per heavy atom. The molecule has 1 unspecified atom stereocenters. The quantitative estimate of drug-likeness (QED) is 0.842. The smallest absolute Gasteiger partial charge is 0.0928 e. The monoisotopic (exact) mass is 253 g/mol. The molecule has 4 heteroatoms. The van der Waals surface area contributed by atoms with E-state index in [1.807, 2.05) is 18.4 Å². The van der Waals surface area contributed by atoms with Crippen LogP contribution in [0.4, 0.5) is 0 Å². The van der Waals surface area contributed by atoms with Crippen LogP contribution in [0.1, 0.15) is 30.5 Å². The summed E-state index contributed by atoms with van der Waals surface area (Å²) in [4.78, 5) is 7.23.